The van der Waals surface area contributed by atoms with Crippen molar-refractivity contribution in [3.63, 3.8) is 0 Å². The van der Waals surface area contributed by atoms with E-state index < -0.39 is 0 Å². The highest BCUT2D eigenvalue weighted by Crippen LogP contribution is 2.08. The van der Waals surface area contributed by atoms with Crippen molar-refractivity contribution in [2.24, 2.45) is 0 Å². The Morgan fingerprint density at radius 3 is 2.40 bits per heavy atom. The molecular weight excluding hydrogens is 303 g/mol. The molecule has 1 aromatic carbocycles. The summed E-state index contributed by atoms with van der Waals surface area (Å²) in [6.45, 7) is 0. The fraction of sp³-hybridized carbons (Fsp3) is 0.364. The Morgan fingerprint density at radius 2 is 1.93 bits per heavy atom. The number of hydrogen-bond acceptors (Lipinski definition) is 2. The fourth-order valence-electron chi connectivity index (χ4n) is 1.36. The topological polar surface area (TPSA) is 41.1 Å². The molecule has 1 aromatic rings. The predicted molar refractivity (Wildman–Crippen MR) is 69.8 cm³/mol. The molecule has 0 spiro atoms. The number of halogens is 1. The summed E-state index contributed by atoms with van der Waals surface area (Å²) in [4.78, 5) is 11.4. The first-order valence-electron chi connectivity index (χ1n) is 4.80. The lowest BCUT2D eigenvalue weighted by molar-refractivity contribution is -0.122. The van der Waals surface area contributed by atoms with E-state index in [4.69, 9.17) is 0 Å². The number of carbonyl (C=O) groups excluding carboxylic acids is 1. The molecule has 0 aliphatic carbocycles. The normalized spacial score (nSPS) is 12.2. The van der Waals surface area contributed by atoms with Crippen LogP contribution in [-0.4, -0.2) is 26.0 Å². The van der Waals surface area contributed by atoms with E-state index in [2.05, 4.69) is 45.4 Å². The van der Waals surface area contributed by atoms with Crippen LogP contribution in [0.2, 0.25) is 0 Å². The molecule has 0 bridgehead atoms. The van der Waals surface area contributed by atoms with Crippen LogP contribution in [0.1, 0.15) is 5.56 Å². The van der Waals surface area contributed by atoms with E-state index in [0.717, 1.165) is 0 Å². The number of carbonyl (C=O) groups is 1. The first-order valence-corrected chi connectivity index (χ1v) is 5.88. The molecule has 0 aliphatic heterocycles. The van der Waals surface area contributed by atoms with Crippen molar-refractivity contribution in [3.05, 3.63) is 33.4 Å². The van der Waals surface area contributed by atoms with Crippen molar-refractivity contribution in [3.8, 4) is 0 Å². The monoisotopic (exact) mass is 318 g/mol. The van der Waals surface area contributed by atoms with Crippen LogP contribution in [0.15, 0.2) is 24.3 Å². The molecule has 0 unspecified atom stereocenters. The predicted octanol–water partition coefficient (Wildman–Crippen LogP) is 1.17. The molecule has 0 aromatic heterocycles. The van der Waals surface area contributed by atoms with Gasteiger partial charge in [-0.05, 0) is 53.8 Å². The molecule has 2 N–H and O–H groups in total. The molecule has 82 valence electrons. The van der Waals surface area contributed by atoms with Gasteiger partial charge in [-0.1, -0.05) is 12.1 Å². The molecule has 4 heteroatoms. The van der Waals surface area contributed by atoms with Gasteiger partial charge in [0, 0.05) is 10.6 Å². The quantitative estimate of drug-likeness (QED) is 0.818. The van der Waals surface area contributed by atoms with Gasteiger partial charge in [-0.3, -0.25) is 4.79 Å². The van der Waals surface area contributed by atoms with Crippen LogP contribution in [0.5, 0.6) is 0 Å². The summed E-state index contributed by atoms with van der Waals surface area (Å²) in [6.07, 6.45) is 0.715. The average Bonchev–Trinajstić information content (AvgIpc) is 2.27. The Kier molecular flexibility index (Phi) is 5.04. The van der Waals surface area contributed by atoms with E-state index >= 15 is 0 Å². The van der Waals surface area contributed by atoms with Gasteiger partial charge in [-0.2, -0.15) is 0 Å². The molecule has 0 fully saturated rings. The number of benzene rings is 1. The van der Waals surface area contributed by atoms with E-state index in [1.807, 2.05) is 12.1 Å². The Bertz CT molecular complexity index is 324. The van der Waals surface area contributed by atoms with Gasteiger partial charge in [-0.25, -0.2) is 0 Å². The standard InChI is InChI=1S/C11H15IN2O/c1-13-10(11(15)14-2)7-8-3-5-9(12)6-4-8/h3-6,10,13H,7H2,1-2H3,(H,14,15)/t10-/m1/s1. The Balaban J connectivity index is 2.66. The highest BCUT2D eigenvalue weighted by atomic mass is 127. The maximum absolute atomic E-state index is 11.4. The third-order valence-electron chi connectivity index (χ3n) is 2.26. The van der Waals surface area contributed by atoms with Crippen LogP contribution < -0.4 is 10.6 Å². The number of rotatable bonds is 4. The molecule has 0 saturated heterocycles. The van der Waals surface area contributed by atoms with Crippen LogP contribution >= 0.6 is 22.6 Å². The van der Waals surface area contributed by atoms with Crippen molar-refractivity contribution in [1.29, 1.82) is 0 Å². The van der Waals surface area contributed by atoms with E-state index in [-0.39, 0.29) is 11.9 Å². The number of amides is 1. The molecule has 15 heavy (non-hydrogen) atoms. The van der Waals surface area contributed by atoms with E-state index in [9.17, 15) is 4.79 Å². The van der Waals surface area contributed by atoms with Crippen LogP contribution in [0.25, 0.3) is 0 Å². The average molecular weight is 318 g/mol. The third-order valence-corrected chi connectivity index (χ3v) is 2.98. The second kappa shape index (κ2) is 6.07. The zero-order valence-corrected chi connectivity index (χ0v) is 11.0. The smallest absolute Gasteiger partial charge is 0.237 e. The summed E-state index contributed by atoms with van der Waals surface area (Å²) >= 11 is 2.27. The second-order valence-electron chi connectivity index (χ2n) is 3.29. The highest BCUT2D eigenvalue weighted by Gasteiger charge is 2.14. The van der Waals surface area contributed by atoms with Crippen molar-refractivity contribution in [2.45, 2.75) is 12.5 Å². The molecule has 1 atom stereocenters. The second-order valence-corrected chi connectivity index (χ2v) is 4.53. The Morgan fingerprint density at radius 1 is 1.33 bits per heavy atom. The maximum Gasteiger partial charge on any atom is 0.237 e. The van der Waals surface area contributed by atoms with Crippen molar-refractivity contribution in [2.75, 3.05) is 14.1 Å². The molecule has 0 saturated carbocycles. The highest BCUT2D eigenvalue weighted by molar-refractivity contribution is 14.1. The van der Waals surface area contributed by atoms with Crippen LogP contribution in [0.4, 0.5) is 0 Å². The summed E-state index contributed by atoms with van der Waals surface area (Å²) in [5.41, 5.74) is 1.17. The summed E-state index contributed by atoms with van der Waals surface area (Å²) in [5.74, 6) is 0.0241. The van der Waals surface area contributed by atoms with Crippen LogP contribution in [-0.2, 0) is 11.2 Å². The number of hydrogen-bond donors (Lipinski definition) is 2. The van der Waals surface area contributed by atoms with Crippen LogP contribution in [0, 0.1) is 3.57 Å². The van der Waals surface area contributed by atoms with Gasteiger partial charge in [-0.15, -0.1) is 0 Å². The van der Waals surface area contributed by atoms with E-state index in [0.29, 0.717) is 6.42 Å². The zero-order chi connectivity index (χ0) is 11.3. The number of likely N-dealkylation sites (N-methyl/N-ethyl adjacent to an activating group) is 2. The Hall–Kier alpha value is -0.620. The lowest BCUT2D eigenvalue weighted by Gasteiger charge is -2.14. The van der Waals surface area contributed by atoms with Crippen molar-refractivity contribution in [1.82, 2.24) is 10.6 Å². The minimum Gasteiger partial charge on any atom is -0.358 e. The lowest BCUT2D eigenvalue weighted by Crippen LogP contribution is -2.42. The van der Waals surface area contributed by atoms with Gasteiger partial charge in [0.25, 0.3) is 0 Å². The van der Waals surface area contributed by atoms with Gasteiger partial charge in [0.15, 0.2) is 0 Å². The minimum atomic E-state index is -0.157. The maximum atomic E-state index is 11.4. The molecule has 0 aliphatic rings. The van der Waals surface area contributed by atoms with E-state index in [1.54, 1.807) is 14.1 Å². The summed E-state index contributed by atoms with van der Waals surface area (Å²) in [6, 6.07) is 8.04. The van der Waals surface area contributed by atoms with Gasteiger partial charge in [0.05, 0.1) is 6.04 Å². The van der Waals surface area contributed by atoms with E-state index in [1.165, 1.54) is 9.13 Å². The molecule has 1 rings (SSSR count). The molecule has 1 amide bonds. The van der Waals surface area contributed by atoms with Crippen molar-refractivity contribution < 1.29 is 4.79 Å². The molecular formula is C11H15IN2O. The molecule has 3 nitrogen and oxygen atoms in total. The third kappa shape index (κ3) is 3.79. The van der Waals surface area contributed by atoms with Crippen LogP contribution in [0.3, 0.4) is 0 Å². The largest absolute Gasteiger partial charge is 0.358 e. The van der Waals surface area contributed by atoms with Gasteiger partial charge in [0.1, 0.15) is 0 Å². The minimum absolute atomic E-state index is 0.0241. The Labute approximate surface area is 104 Å². The summed E-state index contributed by atoms with van der Waals surface area (Å²) in [5, 5.41) is 5.65. The first-order chi connectivity index (χ1) is 7.17. The van der Waals surface area contributed by atoms with Gasteiger partial charge >= 0.3 is 0 Å². The summed E-state index contributed by atoms with van der Waals surface area (Å²) in [7, 11) is 3.45. The van der Waals surface area contributed by atoms with Gasteiger partial charge in [0.2, 0.25) is 5.91 Å². The number of nitrogens with one attached hydrogen (secondary N) is 2. The molecule has 0 heterocycles. The fourth-order valence-corrected chi connectivity index (χ4v) is 1.72. The van der Waals surface area contributed by atoms with Gasteiger partial charge < -0.3 is 10.6 Å². The lowest BCUT2D eigenvalue weighted by atomic mass is 10.1. The zero-order valence-electron chi connectivity index (χ0n) is 8.88. The van der Waals surface area contributed by atoms with Crippen molar-refractivity contribution >= 4 is 28.5 Å². The first kappa shape index (κ1) is 12.4. The summed E-state index contributed by atoms with van der Waals surface area (Å²) < 4.78 is 1.21. The SMILES string of the molecule is CNC(=O)[C@@H](Cc1ccc(I)cc1)NC. The molecule has 0 radical (unpaired) electrons.